The number of hydrogen-bond acceptors (Lipinski definition) is 5. The first-order valence-electron chi connectivity index (χ1n) is 8.50. The number of nitrogens with one attached hydrogen (secondary N) is 1. The number of carbonyl (C=O) groups excluding carboxylic acids is 1. The van der Waals surface area contributed by atoms with Gasteiger partial charge in [0.05, 0.1) is 28.8 Å². The lowest BCUT2D eigenvalue weighted by Crippen LogP contribution is -2.20. The molecule has 9 heteroatoms. The number of hydrazone groups is 1. The summed E-state index contributed by atoms with van der Waals surface area (Å²) in [7, 11) is 0. The molecule has 1 aromatic heterocycles. The maximum absolute atomic E-state index is 12.0. The molecule has 9 nitrogen and oxygen atoms in total. The first-order chi connectivity index (χ1) is 13.9. The number of hydrogen-bond donors (Lipinski definition) is 2. The van der Waals surface area contributed by atoms with Crippen LogP contribution in [0.2, 0.25) is 0 Å². The van der Waals surface area contributed by atoms with Gasteiger partial charge < -0.3 is 9.67 Å². The Bertz CT molecular complexity index is 1090. The van der Waals surface area contributed by atoms with Crippen LogP contribution in [-0.2, 0) is 11.2 Å². The zero-order valence-electron chi connectivity index (χ0n) is 15.1. The number of benzene rings is 2. The lowest BCUT2D eigenvalue weighted by atomic mass is 10.1. The van der Waals surface area contributed by atoms with Crippen molar-refractivity contribution < 1.29 is 19.6 Å². The van der Waals surface area contributed by atoms with Crippen LogP contribution in [0.25, 0.3) is 5.69 Å². The third kappa shape index (κ3) is 4.92. The highest BCUT2D eigenvalue weighted by molar-refractivity contribution is 5.88. The fourth-order valence-corrected chi connectivity index (χ4v) is 2.67. The molecule has 0 aliphatic rings. The quantitative estimate of drug-likeness (QED) is 0.363. The van der Waals surface area contributed by atoms with Crippen molar-refractivity contribution in [2.24, 2.45) is 5.10 Å². The Balaban J connectivity index is 1.65. The van der Waals surface area contributed by atoms with Crippen molar-refractivity contribution in [3.05, 3.63) is 93.8 Å². The molecule has 3 aromatic rings. The van der Waals surface area contributed by atoms with E-state index in [0.29, 0.717) is 11.3 Å². The number of non-ortho nitro benzene ring substituents is 1. The highest BCUT2D eigenvalue weighted by atomic mass is 16.6. The Morgan fingerprint density at radius 2 is 1.90 bits per heavy atom. The zero-order valence-corrected chi connectivity index (χ0v) is 15.1. The van der Waals surface area contributed by atoms with Crippen LogP contribution in [-0.4, -0.2) is 32.7 Å². The SMILES string of the molecule is O=C(Cc1cccc([N+](=O)[O-])c1)N/N=C\c1cccn1-c1ccc(C(=O)O)cc1. The van der Waals surface area contributed by atoms with E-state index in [1.807, 2.05) is 0 Å². The van der Waals surface area contributed by atoms with Crippen LogP contribution in [0.5, 0.6) is 0 Å². The van der Waals surface area contributed by atoms with Gasteiger partial charge in [0, 0.05) is 24.0 Å². The van der Waals surface area contributed by atoms with E-state index in [4.69, 9.17) is 5.11 Å². The number of nitrogens with zero attached hydrogens (tertiary/aromatic N) is 3. The zero-order chi connectivity index (χ0) is 20.8. The van der Waals surface area contributed by atoms with E-state index in [2.05, 4.69) is 10.5 Å². The van der Waals surface area contributed by atoms with Crippen LogP contribution in [0.3, 0.4) is 0 Å². The lowest BCUT2D eigenvalue weighted by Gasteiger charge is -2.06. The average Bonchev–Trinajstić information content (AvgIpc) is 3.16. The molecule has 146 valence electrons. The first-order valence-corrected chi connectivity index (χ1v) is 8.50. The van der Waals surface area contributed by atoms with Gasteiger partial charge in [-0.3, -0.25) is 14.9 Å². The molecule has 0 radical (unpaired) electrons. The highest BCUT2D eigenvalue weighted by Gasteiger charge is 2.09. The molecule has 0 aliphatic carbocycles. The Hall–Kier alpha value is -4.27. The van der Waals surface area contributed by atoms with Gasteiger partial charge in [-0.1, -0.05) is 12.1 Å². The summed E-state index contributed by atoms with van der Waals surface area (Å²) in [6.45, 7) is 0. The number of nitro groups is 1. The van der Waals surface area contributed by atoms with Crippen molar-refractivity contribution in [1.82, 2.24) is 9.99 Å². The van der Waals surface area contributed by atoms with Gasteiger partial charge >= 0.3 is 5.97 Å². The molecule has 0 saturated heterocycles. The predicted octanol–water partition coefficient (Wildman–Crippen LogP) is 2.78. The molecule has 1 amide bonds. The third-order valence-corrected chi connectivity index (χ3v) is 4.04. The van der Waals surface area contributed by atoms with Gasteiger partial charge in [-0.15, -0.1) is 0 Å². The highest BCUT2D eigenvalue weighted by Crippen LogP contribution is 2.14. The van der Waals surface area contributed by atoms with Gasteiger partial charge in [-0.25, -0.2) is 10.2 Å². The fraction of sp³-hybridized carbons (Fsp3) is 0.0500. The summed E-state index contributed by atoms with van der Waals surface area (Å²) in [6.07, 6.45) is 3.19. The second-order valence-corrected chi connectivity index (χ2v) is 6.05. The number of aromatic nitrogens is 1. The molecule has 2 aromatic carbocycles. The minimum atomic E-state index is -1.00. The molecular formula is C20H16N4O5. The number of rotatable bonds is 7. The molecule has 0 atom stereocenters. The van der Waals surface area contributed by atoms with Crippen LogP contribution < -0.4 is 5.43 Å². The summed E-state index contributed by atoms with van der Waals surface area (Å²) >= 11 is 0. The van der Waals surface area contributed by atoms with Crippen molar-refractivity contribution in [2.75, 3.05) is 0 Å². The van der Waals surface area contributed by atoms with Crippen molar-refractivity contribution in [2.45, 2.75) is 6.42 Å². The van der Waals surface area contributed by atoms with Gasteiger partial charge in [0.25, 0.3) is 5.69 Å². The number of carbonyl (C=O) groups is 2. The van der Waals surface area contributed by atoms with Crippen LogP contribution in [0, 0.1) is 10.1 Å². The summed E-state index contributed by atoms with van der Waals surface area (Å²) in [4.78, 5) is 33.2. The average molecular weight is 392 g/mol. The van der Waals surface area contributed by atoms with Gasteiger partial charge in [0.15, 0.2) is 0 Å². The van der Waals surface area contributed by atoms with E-state index >= 15 is 0 Å². The first kappa shape index (κ1) is 19.5. The van der Waals surface area contributed by atoms with Crippen molar-refractivity contribution >= 4 is 23.8 Å². The summed E-state index contributed by atoms with van der Waals surface area (Å²) in [5.74, 6) is -1.41. The number of amides is 1. The van der Waals surface area contributed by atoms with Crippen molar-refractivity contribution in [1.29, 1.82) is 0 Å². The second-order valence-electron chi connectivity index (χ2n) is 6.05. The fourth-order valence-electron chi connectivity index (χ4n) is 2.67. The van der Waals surface area contributed by atoms with Crippen LogP contribution in [0.1, 0.15) is 21.6 Å². The Morgan fingerprint density at radius 3 is 2.59 bits per heavy atom. The standard InChI is InChI=1S/C20H16N4O5/c25-19(12-14-3-1-4-17(11-14)24(28)29)22-21-13-18-5-2-10-23(18)16-8-6-15(7-9-16)20(26)27/h1-11,13H,12H2,(H,22,25)(H,26,27)/b21-13-. The Labute approximate surface area is 165 Å². The topological polar surface area (TPSA) is 127 Å². The predicted molar refractivity (Wildman–Crippen MR) is 105 cm³/mol. The van der Waals surface area contributed by atoms with Crippen LogP contribution in [0.15, 0.2) is 72.0 Å². The van der Waals surface area contributed by atoms with E-state index < -0.39 is 16.8 Å². The molecular weight excluding hydrogens is 376 g/mol. The van der Waals surface area contributed by atoms with Crippen LogP contribution in [0.4, 0.5) is 5.69 Å². The molecule has 2 N–H and O–H groups in total. The Morgan fingerprint density at radius 1 is 1.14 bits per heavy atom. The molecule has 1 heterocycles. The molecule has 0 bridgehead atoms. The molecule has 3 rings (SSSR count). The maximum atomic E-state index is 12.0. The smallest absolute Gasteiger partial charge is 0.335 e. The normalized spacial score (nSPS) is 10.8. The Kier molecular flexibility index (Phi) is 5.79. The van der Waals surface area contributed by atoms with Crippen molar-refractivity contribution in [3.63, 3.8) is 0 Å². The minimum Gasteiger partial charge on any atom is -0.478 e. The lowest BCUT2D eigenvalue weighted by molar-refractivity contribution is -0.384. The van der Waals surface area contributed by atoms with Crippen LogP contribution >= 0.6 is 0 Å². The number of carboxylic acid groups (broad SMARTS) is 1. The van der Waals surface area contributed by atoms with Gasteiger partial charge in [0.1, 0.15) is 0 Å². The van der Waals surface area contributed by atoms with E-state index in [-0.39, 0.29) is 17.7 Å². The molecule has 0 unspecified atom stereocenters. The van der Waals surface area contributed by atoms with E-state index in [0.717, 1.165) is 5.69 Å². The molecule has 29 heavy (non-hydrogen) atoms. The van der Waals surface area contributed by atoms with E-state index in [1.54, 1.807) is 41.1 Å². The molecule has 0 aliphatic heterocycles. The molecule has 0 saturated carbocycles. The summed E-state index contributed by atoms with van der Waals surface area (Å²) in [6, 6.07) is 15.8. The van der Waals surface area contributed by atoms with E-state index in [1.165, 1.54) is 36.5 Å². The number of nitro benzene ring substituents is 1. The van der Waals surface area contributed by atoms with Crippen molar-refractivity contribution in [3.8, 4) is 5.69 Å². The second kappa shape index (κ2) is 8.61. The summed E-state index contributed by atoms with van der Waals surface area (Å²) in [5.41, 5.74) is 4.42. The summed E-state index contributed by atoms with van der Waals surface area (Å²) < 4.78 is 1.78. The van der Waals surface area contributed by atoms with Gasteiger partial charge in [-0.2, -0.15) is 5.10 Å². The molecule has 0 spiro atoms. The molecule has 0 fully saturated rings. The number of aromatic carboxylic acids is 1. The van der Waals surface area contributed by atoms with Gasteiger partial charge in [-0.05, 0) is 42.0 Å². The maximum Gasteiger partial charge on any atom is 0.335 e. The monoisotopic (exact) mass is 392 g/mol. The summed E-state index contributed by atoms with van der Waals surface area (Å²) in [5, 5.41) is 23.7. The third-order valence-electron chi connectivity index (χ3n) is 4.04. The van der Waals surface area contributed by atoms with E-state index in [9.17, 15) is 19.7 Å². The van der Waals surface area contributed by atoms with Gasteiger partial charge in [0.2, 0.25) is 5.91 Å². The number of carboxylic acids is 1. The largest absolute Gasteiger partial charge is 0.478 e. The minimum absolute atomic E-state index is 0.0450.